The van der Waals surface area contributed by atoms with Crippen molar-refractivity contribution in [3.8, 4) is 11.5 Å². The maximum atomic E-state index is 12.7. The molecule has 0 radical (unpaired) electrons. The van der Waals surface area contributed by atoms with Crippen LogP contribution in [0.15, 0.2) is 12.1 Å². The molecule has 1 saturated heterocycles. The zero-order valence-electron chi connectivity index (χ0n) is 16.9. The lowest BCUT2D eigenvalue weighted by atomic mass is 10.00. The third-order valence-corrected chi connectivity index (χ3v) is 7.27. The average Bonchev–Trinajstić information content (AvgIpc) is 3.12. The number of ether oxygens (including phenoxy) is 2. The van der Waals surface area contributed by atoms with E-state index in [1.165, 1.54) is 0 Å². The number of benzene rings is 1. The number of aromatic nitrogens is 2. The number of amides is 1. The van der Waals surface area contributed by atoms with Crippen molar-refractivity contribution >= 4 is 22.6 Å². The number of anilines is 1. The van der Waals surface area contributed by atoms with Gasteiger partial charge in [-0.05, 0) is 25.0 Å². The second kappa shape index (κ2) is 6.24. The average molecular weight is 414 g/mol. The molecule has 160 valence electrons. The van der Waals surface area contributed by atoms with Crippen LogP contribution in [0.2, 0.25) is 0 Å². The molecule has 9 nitrogen and oxygen atoms in total. The third kappa shape index (κ3) is 2.42. The molecule has 30 heavy (non-hydrogen) atoms. The number of rotatable bonds is 6. The largest absolute Gasteiger partial charge is 0.491 e. The summed E-state index contributed by atoms with van der Waals surface area (Å²) in [7, 11) is 1.61. The van der Waals surface area contributed by atoms with Crippen LogP contribution in [0.1, 0.15) is 19.3 Å². The zero-order chi connectivity index (χ0) is 20.6. The van der Waals surface area contributed by atoms with E-state index in [9.17, 15) is 15.0 Å². The van der Waals surface area contributed by atoms with E-state index in [2.05, 4.69) is 10.4 Å². The number of piperidine rings is 1. The molecule has 1 aromatic heterocycles. The molecule has 0 spiro atoms. The number of carbonyl (C=O) groups excluding carboxylic acids is 1. The van der Waals surface area contributed by atoms with Crippen LogP contribution < -0.4 is 14.8 Å². The fourth-order valence-corrected chi connectivity index (χ4v) is 5.91. The lowest BCUT2D eigenvalue weighted by Gasteiger charge is -2.28. The van der Waals surface area contributed by atoms with Gasteiger partial charge in [-0.15, -0.1) is 0 Å². The molecule has 2 bridgehead atoms. The van der Waals surface area contributed by atoms with Gasteiger partial charge in [-0.1, -0.05) is 0 Å². The Morgan fingerprint density at radius 1 is 1.43 bits per heavy atom. The number of likely N-dealkylation sites (tertiary alicyclic amines) is 1. The van der Waals surface area contributed by atoms with Gasteiger partial charge in [0.25, 0.3) is 0 Å². The molecule has 2 aliphatic carbocycles. The first-order chi connectivity index (χ1) is 14.5. The molecule has 1 aromatic carbocycles. The molecule has 3 heterocycles. The Morgan fingerprint density at radius 2 is 2.30 bits per heavy atom. The highest BCUT2D eigenvalue weighted by atomic mass is 16.5. The second-order valence-corrected chi connectivity index (χ2v) is 8.93. The first-order valence-corrected chi connectivity index (χ1v) is 10.7. The van der Waals surface area contributed by atoms with Gasteiger partial charge >= 0.3 is 0 Å². The topological polar surface area (TPSA) is 109 Å². The minimum absolute atomic E-state index is 0.0117. The van der Waals surface area contributed by atoms with Crippen LogP contribution in [-0.2, 0) is 11.3 Å². The van der Waals surface area contributed by atoms with Gasteiger partial charge in [-0.3, -0.25) is 4.79 Å². The minimum atomic E-state index is -0.886. The molecule has 3 fully saturated rings. The first kappa shape index (κ1) is 18.3. The quantitative estimate of drug-likeness (QED) is 0.594. The SMILES string of the molecule is COc1c(OCCCC(=O)N2C[C@]3(O)C[C@@H]2[C@H]2C(O)C23)ccc2c3n(nc12)CCN3. The van der Waals surface area contributed by atoms with Gasteiger partial charge in [-0.25, -0.2) is 4.68 Å². The van der Waals surface area contributed by atoms with Crippen molar-refractivity contribution in [2.24, 2.45) is 11.8 Å². The van der Waals surface area contributed by atoms with Gasteiger partial charge in [0.2, 0.25) is 5.91 Å². The van der Waals surface area contributed by atoms with Crippen LogP contribution in [-0.4, -0.2) is 75.4 Å². The summed E-state index contributed by atoms with van der Waals surface area (Å²) in [4.78, 5) is 14.4. The fourth-order valence-electron chi connectivity index (χ4n) is 5.91. The summed E-state index contributed by atoms with van der Waals surface area (Å²) in [6.45, 7) is 2.44. The highest BCUT2D eigenvalue weighted by Crippen LogP contribution is 2.63. The van der Waals surface area contributed by atoms with Crippen LogP contribution in [0.5, 0.6) is 11.5 Å². The fraction of sp³-hybridized carbons (Fsp3) is 0.619. The lowest BCUT2D eigenvalue weighted by molar-refractivity contribution is -0.134. The van der Waals surface area contributed by atoms with Crippen molar-refractivity contribution in [1.29, 1.82) is 0 Å². The van der Waals surface area contributed by atoms with E-state index in [4.69, 9.17) is 9.47 Å². The molecular weight excluding hydrogens is 388 g/mol. The van der Waals surface area contributed by atoms with Crippen LogP contribution in [0, 0.1) is 11.8 Å². The standard InChI is InChI=1S/C21H26N4O5/c1-29-19-13(5-4-11-17(19)23-25-7-6-22-20(11)25)30-8-2-3-14(26)24-10-21(28)9-12(24)15-16(21)18(15)27/h4-5,12,15-16,18,22,27-28H,2-3,6-10H2,1H3/t12-,15-,16?,18?,21-/m1/s1. The Bertz CT molecular complexity index is 1040. The van der Waals surface area contributed by atoms with E-state index in [0.29, 0.717) is 43.9 Å². The Morgan fingerprint density at radius 3 is 3.10 bits per heavy atom. The number of hydrogen-bond acceptors (Lipinski definition) is 7. The number of fused-ring (bicyclic) bond motifs is 8. The van der Waals surface area contributed by atoms with Crippen molar-refractivity contribution in [1.82, 2.24) is 14.7 Å². The van der Waals surface area contributed by atoms with E-state index in [1.807, 2.05) is 16.8 Å². The summed E-state index contributed by atoms with van der Waals surface area (Å²) in [5.74, 6) is 2.28. The number of nitrogens with one attached hydrogen (secondary N) is 1. The van der Waals surface area contributed by atoms with E-state index < -0.39 is 11.7 Å². The maximum absolute atomic E-state index is 12.7. The summed E-state index contributed by atoms with van der Waals surface area (Å²) in [6, 6.07) is 3.85. The summed E-state index contributed by atoms with van der Waals surface area (Å²) < 4.78 is 13.4. The number of β-amino-alcohol motifs (C(OH)–C–C–N with tert-alkyl or cyclic N) is 1. The van der Waals surface area contributed by atoms with Crippen molar-refractivity contribution in [3.05, 3.63) is 12.1 Å². The highest BCUT2D eigenvalue weighted by molar-refractivity contribution is 5.96. The number of carbonyl (C=O) groups is 1. The molecule has 2 aliphatic heterocycles. The highest BCUT2D eigenvalue weighted by Gasteiger charge is 2.74. The number of aliphatic hydroxyl groups is 2. The smallest absolute Gasteiger partial charge is 0.223 e. The Hall–Kier alpha value is -2.52. The first-order valence-electron chi connectivity index (χ1n) is 10.7. The predicted octanol–water partition coefficient (Wildman–Crippen LogP) is 0.582. The zero-order valence-corrected chi connectivity index (χ0v) is 16.9. The van der Waals surface area contributed by atoms with Crippen LogP contribution in [0.25, 0.3) is 10.9 Å². The molecule has 4 aliphatic rings. The summed E-state index contributed by atoms with van der Waals surface area (Å²) in [6.07, 6.45) is 1.08. The molecule has 2 unspecified atom stereocenters. The minimum Gasteiger partial charge on any atom is -0.491 e. The second-order valence-electron chi connectivity index (χ2n) is 8.93. The molecule has 6 rings (SSSR count). The Balaban J connectivity index is 1.08. The molecule has 9 heteroatoms. The molecule has 2 aromatic rings. The Labute approximate surface area is 173 Å². The summed E-state index contributed by atoms with van der Waals surface area (Å²) >= 11 is 0. The molecule has 1 amide bonds. The molecule has 3 N–H and O–H groups in total. The third-order valence-electron chi connectivity index (χ3n) is 7.27. The van der Waals surface area contributed by atoms with E-state index in [0.717, 1.165) is 29.8 Å². The van der Waals surface area contributed by atoms with Gasteiger partial charge in [0.1, 0.15) is 11.3 Å². The summed E-state index contributed by atoms with van der Waals surface area (Å²) in [5, 5.41) is 29.6. The number of hydrogen-bond donors (Lipinski definition) is 3. The van der Waals surface area contributed by atoms with Gasteiger partial charge in [0, 0.05) is 36.2 Å². The van der Waals surface area contributed by atoms with Gasteiger partial charge < -0.3 is 29.9 Å². The van der Waals surface area contributed by atoms with Crippen molar-refractivity contribution in [3.63, 3.8) is 0 Å². The van der Waals surface area contributed by atoms with E-state index in [1.54, 1.807) is 12.0 Å². The van der Waals surface area contributed by atoms with Gasteiger partial charge in [0.15, 0.2) is 11.5 Å². The van der Waals surface area contributed by atoms with E-state index >= 15 is 0 Å². The van der Waals surface area contributed by atoms with Gasteiger partial charge in [-0.2, -0.15) is 5.10 Å². The maximum Gasteiger partial charge on any atom is 0.223 e. The predicted molar refractivity (Wildman–Crippen MR) is 108 cm³/mol. The number of nitrogens with zero attached hydrogens (tertiary/aromatic N) is 3. The van der Waals surface area contributed by atoms with Crippen LogP contribution >= 0.6 is 0 Å². The van der Waals surface area contributed by atoms with E-state index in [-0.39, 0.29) is 23.8 Å². The Kier molecular flexibility index (Phi) is 3.80. The van der Waals surface area contributed by atoms with Crippen molar-refractivity contribution in [2.45, 2.75) is 43.6 Å². The van der Waals surface area contributed by atoms with Crippen molar-refractivity contribution < 1.29 is 24.5 Å². The number of aliphatic hydroxyl groups excluding tert-OH is 1. The lowest BCUT2D eigenvalue weighted by Crippen LogP contribution is -2.43. The van der Waals surface area contributed by atoms with Crippen molar-refractivity contribution in [2.75, 3.05) is 32.1 Å². The summed E-state index contributed by atoms with van der Waals surface area (Å²) in [5.41, 5.74) is -0.115. The molecular formula is C21H26N4O5. The molecule has 2 saturated carbocycles. The van der Waals surface area contributed by atoms with Crippen LogP contribution in [0.3, 0.4) is 0 Å². The van der Waals surface area contributed by atoms with Gasteiger partial charge in [0.05, 0.1) is 38.5 Å². The normalized spacial score (nSPS) is 32.8. The van der Waals surface area contributed by atoms with Crippen LogP contribution in [0.4, 0.5) is 5.82 Å². The molecule has 5 atom stereocenters. The monoisotopic (exact) mass is 414 g/mol. The number of methoxy groups -OCH3 is 1.